The largest absolute Gasteiger partial charge is 0.493 e. The van der Waals surface area contributed by atoms with Crippen LogP contribution in [0.1, 0.15) is 49.3 Å². The fourth-order valence-electron chi connectivity index (χ4n) is 5.28. The predicted molar refractivity (Wildman–Crippen MR) is 149 cm³/mol. The number of ether oxygens (including phenoxy) is 3. The van der Waals surface area contributed by atoms with Gasteiger partial charge in [0.05, 0.1) is 42.9 Å². The molecule has 0 unspecified atom stereocenters. The lowest BCUT2D eigenvalue weighted by Gasteiger charge is -2.44. The van der Waals surface area contributed by atoms with Crippen LogP contribution in [-0.4, -0.2) is 38.1 Å². The Morgan fingerprint density at radius 3 is 2.54 bits per heavy atom. The number of rotatable bonds is 8. The second-order valence-corrected chi connectivity index (χ2v) is 11.2. The Bertz CT molecular complexity index is 1450. The van der Waals surface area contributed by atoms with E-state index in [4.69, 9.17) is 19.9 Å². The van der Waals surface area contributed by atoms with Crippen molar-refractivity contribution >= 4 is 21.7 Å². The number of hydrogen-bond donors (Lipinski definition) is 1. The third-order valence-corrected chi connectivity index (χ3v) is 7.81. The molecule has 9 heteroatoms. The summed E-state index contributed by atoms with van der Waals surface area (Å²) in [5, 5.41) is 19.7. The van der Waals surface area contributed by atoms with Gasteiger partial charge in [0, 0.05) is 41.4 Å². The molecule has 39 heavy (non-hydrogen) atoms. The van der Waals surface area contributed by atoms with Crippen molar-refractivity contribution in [3.05, 3.63) is 80.2 Å². The molecule has 0 radical (unpaired) electrons. The number of Topliss-reactive ketones (excluding diaryl/α,β-unsaturated/α-hetero) is 1. The minimum Gasteiger partial charge on any atom is -0.493 e. The van der Waals surface area contributed by atoms with Crippen molar-refractivity contribution in [1.29, 1.82) is 10.5 Å². The molecule has 4 rings (SSSR count). The van der Waals surface area contributed by atoms with Gasteiger partial charge in [0.1, 0.15) is 12.4 Å². The van der Waals surface area contributed by atoms with Crippen LogP contribution in [0.2, 0.25) is 0 Å². The number of hydrogen-bond acceptors (Lipinski definition) is 8. The molecule has 2 N–H and O–H groups in total. The minimum absolute atomic E-state index is 0.00628. The van der Waals surface area contributed by atoms with E-state index in [0.717, 1.165) is 11.3 Å². The lowest BCUT2D eigenvalue weighted by atomic mass is 9.68. The Hall–Kier alpha value is -3.79. The van der Waals surface area contributed by atoms with Crippen LogP contribution in [0.4, 0.5) is 0 Å². The first kappa shape index (κ1) is 28.2. The van der Waals surface area contributed by atoms with Crippen molar-refractivity contribution in [1.82, 2.24) is 4.90 Å². The number of benzene rings is 2. The van der Waals surface area contributed by atoms with Crippen LogP contribution in [0.25, 0.3) is 0 Å². The van der Waals surface area contributed by atoms with E-state index in [2.05, 4.69) is 41.9 Å². The summed E-state index contributed by atoms with van der Waals surface area (Å²) in [6.45, 7) is 5.13. The molecule has 1 heterocycles. The molecule has 0 amide bonds. The van der Waals surface area contributed by atoms with Crippen LogP contribution in [0.5, 0.6) is 11.5 Å². The van der Waals surface area contributed by atoms with Crippen LogP contribution in [-0.2, 0) is 16.1 Å². The molecule has 1 aliphatic heterocycles. The van der Waals surface area contributed by atoms with Crippen molar-refractivity contribution in [3.63, 3.8) is 0 Å². The van der Waals surface area contributed by atoms with Crippen LogP contribution < -0.4 is 15.2 Å². The molecule has 0 saturated carbocycles. The molecule has 2 aliphatic rings. The Balaban J connectivity index is 1.81. The average Bonchev–Trinajstić information content (AvgIpc) is 2.90. The molecule has 8 nitrogen and oxygen atoms in total. The maximum absolute atomic E-state index is 13.7. The monoisotopic (exact) mass is 590 g/mol. The third-order valence-electron chi connectivity index (χ3n) is 7.12. The summed E-state index contributed by atoms with van der Waals surface area (Å²) < 4.78 is 17.7. The number of nitrogens with two attached hydrogens (primary N) is 1. The molecular formula is C30H31BrN4O4. The second-order valence-electron chi connectivity index (χ2n) is 10.4. The van der Waals surface area contributed by atoms with E-state index in [-0.39, 0.29) is 17.8 Å². The molecule has 0 saturated heterocycles. The topological polar surface area (TPSA) is 122 Å². The molecule has 1 atom stereocenters. The number of nitrogens with zero attached hydrogens (tertiary/aromatic N) is 3. The van der Waals surface area contributed by atoms with E-state index in [1.54, 1.807) is 31.4 Å². The van der Waals surface area contributed by atoms with Crippen molar-refractivity contribution in [2.45, 2.75) is 39.2 Å². The van der Waals surface area contributed by atoms with Gasteiger partial charge in [-0.05, 0) is 35.6 Å². The van der Waals surface area contributed by atoms with Gasteiger partial charge in [0.25, 0.3) is 0 Å². The number of carbonyl (C=O) groups excluding carboxylic acids is 1. The van der Waals surface area contributed by atoms with Crippen LogP contribution in [0.3, 0.4) is 0 Å². The van der Waals surface area contributed by atoms with Crippen molar-refractivity contribution in [2.75, 3.05) is 27.4 Å². The van der Waals surface area contributed by atoms with E-state index < -0.39 is 5.92 Å². The quantitative estimate of drug-likeness (QED) is 0.440. The smallest absolute Gasteiger partial charge is 0.162 e. The average molecular weight is 592 g/mol. The first-order chi connectivity index (χ1) is 18.6. The SMILES string of the molecule is COCCN1C(N)=C(C#N)[C@H](c2cc(OC)c(OCc3ccccc3C#N)cc2Br)C2=C1CC(C)(C)CC2=O. The maximum Gasteiger partial charge on any atom is 0.162 e. The highest BCUT2D eigenvalue weighted by molar-refractivity contribution is 9.10. The van der Waals surface area contributed by atoms with Crippen molar-refractivity contribution < 1.29 is 19.0 Å². The van der Waals surface area contributed by atoms with Crippen LogP contribution in [0, 0.1) is 28.1 Å². The zero-order valence-corrected chi connectivity index (χ0v) is 24.1. The Morgan fingerprint density at radius 1 is 1.13 bits per heavy atom. The van der Waals surface area contributed by atoms with Gasteiger partial charge in [-0.1, -0.05) is 48.0 Å². The molecular weight excluding hydrogens is 560 g/mol. The van der Waals surface area contributed by atoms with Crippen LogP contribution >= 0.6 is 15.9 Å². The zero-order valence-electron chi connectivity index (χ0n) is 22.5. The minimum atomic E-state index is -0.663. The summed E-state index contributed by atoms with van der Waals surface area (Å²) in [5.74, 6) is 0.547. The molecule has 2 aromatic rings. The standard InChI is InChI=1S/C30H31BrN4O4/c1-30(2)13-23-28(24(36)14-30)27(21(16-33)29(34)35(23)9-10-37-3)20-11-25(38-4)26(12-22(20)31)39-17-19-8-6-5-7-18(19)15-32/h5-8,11-12,27H,9-10,13-14,17,34H2,1-4H3/t27-/m0/s1. The molecule has 0 spiro atoms. The molecule has 202 valence electrons. The second kappa shape index (κ2) is 11.5. The fourth-order valence-corrected chi connectivity index (χ4v) is 5.83. The molecule has 2 aromatic carbocycles. The molecule has 0 aromatic heterocycles. The summed E-state index contributed by atoms with van der Waals surface area (Å²) in [7, 11) is 3.14. The summed E-state index contributed by atoms with van der Waals surface area (Å²) >= 11 is 3.66. The first-order valence-corrected chi connectivity index (χ1v) is 13.4. The fraction of sp³-hybridized carbons (Fsp3) is 0.367. The van der Waals surface area contributed by atoms with Gasteiger partial charge in [0.2, 0.25) is 0 Å². The summed E-state index contributed by atoms with van der Waals surface area (Å²) in [5.41, 5.74) is 10.0. The number of nitriles is 2. The summed E-state index contributed by atoms with van der Waals surface area (Å²) in [6.07, 6.45) is 1.01. The number of methoxy groups -OCH3 is 2. The van der Waals surface area contributed by atoms with E-state index in [0.29, 0.717) is 70.1 Å². The summed E-state index contributed by atoms with van der Waals surface area (Å²) in [6, 6.07) is 15.2. The van der Waals surface area contributed by atoms with E-state index >= 15 is 0 Å². The van der Waals surface area contributed by atoms with Gasteiger partial charge < -0.3 is 24.8 Å². The summed E-state index contributed by atoms with van der Waals surface area (Å²) in [4.78, 5) is 15.5. The van der Waals surface area contributed by atoms with E-state index in [1.165, 1.54) is 7.11 Å². The Labute approximate surface area is 237 Å². The first-order valence-electron chi connectivity index (χ1n) is 12.6. The molecule has 0 fully saturated rings. The highest BCUT2D eigenvalue weighted by Gasteiger charge is 2.44. The highest BCUT2D eigenvalue weighted by atomic mass is 79.9. The van der Waals surface area contributed by atoms with Gasteiger partial charge in [-0.15, -0.1) is 0 Å². The Morgan fingerprint density at radius 2 is 1.87 bits per heavy atom. The lowest BCUT2D eigenvalue weighted by Crippen LogP contribution is -2.43. The highest BCUT2D eigenvalue weighted by Crippen LogP contribution is 2.51. The van der Waals surface area contributed by atoms with Gasteiger partial charge in [-0.3, -0.25) is 4.79 Å². The molecule has 1 aliphatic carbocycles. The Kier molecular flexibility index (Phi) is 8.34. The van der Waals surface area contributed by atoms with Crippen molar-refractivity contribution in [3.8, 4) is 23.6 Å². The number of allylic oxidation sites excluding steroid dienone is 3. The van der Waals surface area contributed by atoms with Crippen molar-refractivity contribution in [2.24, 2.45) is 11.1 Å². The van der Waals surface area contributed by atoms with E-state index in [1.807, 2.05) is 17.0 Å². The van der Waals surface area contributed by atoms with Gasteiger partial charge >= 0.3 is 0 Å². The maximum atomic E-state index is 13.7. The zero-order chi connectivity index (χ0) is 28.3. The number of ketones is 1. The lowest BCUT2D eigenvalue weighted by molar-refractivity contribution is -0.118. The normalized spacial score (nSPS) is 18.4. The van der Waals surface area contributed by atoms with E-state index in [9.17, 15) is 15.3 Å². The molecule has 0 bridgehead atoms. The predicted octanol–water partition coefficient (Wildman–Crippen LogP) is 5.29. The van der Waals surface area contributed by atoms with Crippen LogP contribution in [0.15, 0.2) is 63.5 Å². The third kappa shape index (κ3) is 5.52. The number of carbonyl (C=O) groups is 1. The van der Waals surface area contributed by atoms with Gasteiger partial charge in [-0.25, -0.2) is 0 Å². The van der Waals surface area contributed by atoms with Gasteiger partial charge in [0.15, 0.2) is 17.3 Å². The number of halogens is 1. The van der Waals surface area contributed by atoms with Gasteiger partial charge in [-0.2, -0.15) is 10.5 Å².